The predicted molar refractivity (Wildman–Crippen MR) is 95.0 cm³/mol. The van der Waals surface area contributed by atoms with E-state index in [1.165, 1.54) is 5.56 Å². The first-order valence-electron chi connectivity index (χ1n) is 9.14. The van der Waals surface area contributed by atoms with Crippen LogP contribution < -0.4 is 0 Å². The van der Waals surface area contributed by atoms with Crippen molar-refractivity contribution in [3.05, 3.63) is 17.0 Å². The Bertz CT molecular complexity index is 652. The second kappa shape index (κ2) is 7.15. The molecule has 0 radical (unpaired) electrons. The van der Waals surface area contributed by atoms with E-state index in [-0.39, 0.29) is 17.7 Å². The molecule has 0 spiro atoms. The Kier molecular flexibility index (Phi) is 5.13. The number of likely N-dealkylation sites (tertiary alicyclic amines) is 1. The van der Waals surface area contributed by atoms with Gasteiger partial charge in [0.2, 0.25) is 11.8 Å². The highest BCUT2D eigenvalue weighted by molar-refractivity contribution is 5.89. The lowest BCUT2D eigenvalue weighted by Crippen LogP contribution is -2.41. The highest BCUT2D eigenvalue weighted by atomic mass is 16.2. The van der Waals surface area contributed by atoms with E-state index in [1.54, 1.807) is 0 Å². The molecule has 138 valence electrons. The highest BCUT2D eigenvalue weighted by Gasteiger charge is 2.37. The fourth-order valence-electron chi connectivity index (χ4n) is 3.72. The summed E-state index contributed by atoms with van der Waals surface area (Å²) in [7, 11) is 3.98. The fraction of sp³-hybridized carbons (Fsp3) is 0.722. The van der Waals surface area contributed by atoms with Crippen LogP contribution in [-0.4, -0.2) is 77.0 Å². The molecule has 2 amide bonds. The third kappa shape index (κ3) is 3.71. The van der Waals surface area contributed by atoms with Gasteiger partial charge >= 0.3 is 0 Å². The molecule has 0 aliphatic carbocycles. The third-order valence-corrected chi connectivity index (χ3v) is 5.20. The maximum absolute atomic E-state index is 12.9. The topological polar surface area (TPSA) is 72.5 Å². The number of hydrogen-bond donors (Lipinski definition) is 1. The smallest absolute Gasteiger partial charge is 0.228 e. The van der Waals surface area contributed by atoms with Crippen molar-refractivity contribution in [1.29, 1.82) is 0 Å². The standard InChI is InChI=1S/C18H29N5O2/c1-12(2)17-14-11-23(6-5-15(14)19-20-17)18(25)13-9-16(24)22(10-13)8-7-21(3)4/h12-13H,5-11H2,1-4H3,(H,19,20)/t13-/m1/s1. The largest absolute Gasteiger partial charge is 0.341 e. The predicted octanol–water partition coefficient (Wildman–Crippen LogP) is 0.828. The normalized spacial score (nSPS) is 20.7. The summed E-state index contributed by atoms with van der Waals surface area (Å²) in [6.07, 6.45) is 1.16. The van der Waals surface area contributed by atoms with E-state index in [0.717, 1.165) is 24.4 Å². The van der Waals surface area contributed by atoms with Crippen LogP contribution in [0.2, 0.25) is 0 Å². The van der Waals surface area contributed by atoms with Gasteiger partial charge in [-0.15, -0.1) is 0 Å². The van der Waals surface area contributed by atoms with E-state index in [0.29, 0.717) is 38.5 Å². The number of aromatic amines is 1. The average Bonchev–Trinajstić information content (AvgIpc) is 3.15. The van der Waals surface area contributed by atoms with Crippen molar-refractivity contribution < 1.29 is 9.59 Å². The molecule has 0 bridgehead atoms. The third-order valence-electron chi connectivity index (χ3n) is 5.20. The summed E-state index contributed by atoms with van der Waals surface area (Å²) in [4.78, 5) is 31.0. The molecule has 2 aliphatic rings. The summed E-state index contributed by atoms with van der Waals surface area (Å²) in [6.45, 7) is 7.63. The van der Waals surface area contributed by atoms with E-state index >= 15 is 0 Å². The van der Waals surface area contributed by atoms with Crippen LogP contribution in [0, 0.1) is 5.92 Å². The van der Waals surface area contributed by atoms with E-state index in [4.69, 9.17) is 0 Å². The zero-order chi connectivity index (χ0) is 18.1. The van der Waals surface area contributed by atoms with Crippen molar-refractivity contribution in [1.82, 2.24) is 24.9 Å². The van der Waals surface area contributed by atoms with Crippen molar-refractivity contribution in [2.75, 3.05) is 40.3 Å². The summed E-state index contributed by atoms with van der Waals surface area (Å²) >= 11 is 0. The van der Waals surface area contributed by atoms with Gasteiger partial charge in [0.15, 0.2) is 0 Å². The van der Waals surface area contributed by atoms with Crippen molar-refractivity contribution in [2.45, 2.75) is 39.2 Å². The van der Waals surface area contributed by atoms with Crippen molar-refractivity contribution in [3.8, 4) is 0 Å². The summed E-state index contributed by atoms with van der Waals surface area (Å²) in [5, 5.41) is 7.55. The molecule has 1 N–H and O–H groups in total. The minimum absolute atomic E-state index is 0.101. The Morgan fingerprint density at radius 1 is 1.40 bits per heavy atom. The first-order valence-corrected chi connectivity index (χ1v) is 9.14. The van der Waals surface area contributed by atoms with Gasteiger partial charge in [0, 0.05) is 56.8 Å². The van der Waals surface area contributed by atoms with Crippen LogP contribution in [0.25, 0.3) is 0 Å². The van der Waals surface area contributed by atoms with Crippen LogP contribution in [-0.2, 0) is 22.6 Å². The van der Waals surface area contributed by atoms with Crippen LogP contribution in [0.1, 0.15) is 43.1 Å². The summed E-state index contributed by atoms with van der Waals surface area (Å²) in [5.74, 6) is 0.349. The van der Waals surface area contributed by atoms with Gasteiger partial charge < -0.3 is 14.7 Å². The Labute approximate surface area is 149 Å². The molecular formula is C18H29N5O2. The molecular weight excluding hydrogens is 318 g/mol. The molecule has 0 saturated carbocycles. The monoisotopic (exact) mass is 347 g/mol. The van der Waals surface area contributed by atoms with Crippen molar-refractivity contribution >= 4 is 11.8 Å². The number of nitrogens with one attached hydrogen (secondary N) is 1. The van der Waals surface area contributed by atoms with Gasteiger partial charge in [-0.05, 0) is 20.0 Å². The number of hydrogen-bond acceptors (Lipinski definition) is 4. The van der Waals surface area contributed by atoms with E-state index in [9.17, 15) is 9.59 Å². The maximum atomic E-state index is 12.9. The summed E-state index contributed by atoms with van der Waals surface area (Å²) < 4.78 is 0. The molecule has 1 aromatic rings. The maximum Gasteiger partial charge on any atom is 0.228 e. The summed E-state index contributed by atoms with van der Waals surface area (Å²) in [6, 6.07) is 0. The van der Waals surface area contributed by atoms with Gasteiger partial charge in [-0.3, -0.25) is 14.7 Å². The Hall–Kier alpha value is -1.89. The number of amides is 2. The lowest BCUT2D eigenvalue weighted by Gasteiger charge is -2.29. The van der Waals surface area contributed by atoms with Crippen LogP contribution in [0.4, 0.5) is 0 Å². The van der Waals surface area contributed by atoms with Crippen LogP contribution in [0.3, 0.4) is 0 Å². The van der Waals surface area contributed by atoms with Gasteiger partial charge in [0.25, 0.3) is 0 Å². The number of carbonyl (C=O) groups is 2. The van der Waals surface area contributed by atoms with Gasteiger partial charge in [-0.2, -0.15) is 5.10 Å². The second-order valence-corrected chi connectivity index (χ2v) is 7.77. The number of nitrogens with zero attached hydrogens (tertiary/aromatic N) is 4. The quantitative estimate of drug-likeness (QED) is 0.856. The molecule has 7 nitrogen and oxygen atoms in total. The molecule has 7 heteroatoms. The molecule has 2 aliphatic heterocycles. The van der Waals surface area contributed by atoms with Crippen LogP contribution >= 0.6 is 0 Å². The fourth-order valence-corrected chi connectivity index (χ4v) is 3.72. The van der Waals surface area contributed by atoms with Crippen LogP contribution in [0.5, 0.6) is 0 Å². The zero-order valence-electron chi connectivity index (χ0n) is 15.7. The van der Waals surface area contributed by atoms with E-state index in [2.05, 4.69) is 28.9 Å². The van der Waals surface area contributed by atoms with Gasteiger partial charge in [-0.1, -0.05) is 13.8 Å². The lowest BCUT2D eigenvalue weighted by atomic mass is 9.98. The molecule has 3 heterocycles. The number of aromatic nitrogens is 2. The number of fused-ring (bicyclic) bond motifs is 1. The number of carbonyl (C=O) groups excluding carboxylic acids is 2. The van der Waals surface area contributed by atoms with Crippen molar-refractivity contribution in [2.24, 2.45) is 5.92 Å². The molecule has 1 saturated heterocycles. The first-order chi connectivity index (χ1) is 11.9. The molecule has 3 rings (SSSR count). The summed E-state index contributed by atoms with van der Waals surface area (Å²) in [5.41, 5.74) is 3.38. The first kappa shape index (κ1) is 17.9. The minimum atomic E-state index is -0.203. The molecule has 0 aromatic carbocycles. The Morgan fingerprint density at radius 3 is 2.84 bits per heavy atom. The minimum Gasteiger partial charge on any atom is -0.341 e. The van der Waals surface area contributed by atoms with Crippen LogP contribution in [0.15, 0.2) is 0 Å². The molecule has 1 aromatic heterocycles. The average molecular weight is 347 g/mol. The Morgan fingerprint density at radius 2 is 2.16 bits per heavy atom. The zero-order valence-corrected chi connectivity index (χ0v) is 15.7. The Balaban J connectivity index is 1.64. The number of likely N-dealkylation sites (N-methyl/N-ethyl adjacent to an activating group) is 1. The number of H-pyrrole nitrogens is 1. The molecule has 1 fully saturated rings. The highest BCUT2D eigenvalue weighted by Crippen LogP contribution is 2.28. The lowest BCUT2D eigenvalue weighted by molar-refractivity contribution is -0.136. The van der Waals surface area contributed by atoms with Crippen molar-refractivity contribution in [3.63, 3.8) is 0 Å². The van der Waals surface area contributed by atoms with Gasteiger partial charge in [-0.25, -0.2) is 0 Å². The van der Waals surface area contributed by atoms with E-state index < -0.39 is 0 Å². The number of rotatable bonds is 5. The molecule has 1 atom stereocenters. The van der Waals surface area contributed by atoms with E-state index in [1.807, 2.05) is 23.9 Å². The van der Waals surface area contributed by atoms with Gasteiger partial charge in [0.1, 0.15) is 0 Å². The van der Waals surface area contributed by atoms with Gasteiger partial charge in [0.05, 0.1) is 11.6 Å². The second-order valence-electron chi connectivity index (χ2n) is 7.77. The SMILES string of the molecule is CC(C)c1n[nH]c2c1CN(C(=O)[C@@H]1CC(=O)N(CCN(C)C)C1)CC2. The molecule has 25 heavy (non-hydrogen) atoms. The molecule has 0 unspecified atom stereocenters.